The highest BCUT2D eigenvalue weighted by atomic mass is 16.5. The highest BCUT2D eigenvalue weighted by Crippen LogP contribution is 2.09. The van der Waals surface area contributed by atoms with Gasteiger partial charge < -0.3 is 25.8 Å². The number of nitrogens with zero attached hydrogens (tertiary/aromatic N) is 2. The summed E-state index contributed by atoms with van der Waals surface area (Å²) in [6.45, 7) is 13.1. The van der Waals surface area contributed by atoms with E-state index in [1.165, 1.54) is 0 Å². The number of amides is 1. The van der Waals surface area contributed by atoms with Crippen LogP contribution in [0, 0.1) is 0 Å². The Morgan fingerprint density at radius 3 is 2.71 bits per heavy atom. The molecule has 1 aromatic carbocycles. The smallest absolute Gasteiger partial charge is 0.251 e. The van der Waals surface area contributed by atoms with Crippen molar-refractivity contribution >= 4 is 11.9 Å². The van der Waals surface area contributed by atoms with Crippen LogP contribution in [0.5, 0.6) is 0 Å². The Morgan fingerprint density at radius 1 is 1.29 bits per heavy atom. The topological polar surface area (TPSA) is 98.2 Å². The summed E-state index contributed by atoms with van der Waals surface area (Å²) in [4.78, 5) is 19.2. The molecule has 1 amide bonds. The molecule has 8 nitrogen and oxygen atoms in total. The van der Waals surface area contributed by atoms with Crippen LogP contribution < -0.4 is 16.0 Å². The predicted octanol–water partition coefficient (Wildman–Crippen LogP) is 1.35. The van der Waals surface area contributed by atoms with E-state index in [2.05, 4.69) is 25.8 Å². The zero-order valence-corrected chi connectivity index (χ0v) is 19.4. The number of guanidine groups is 1. The zero-order chi connectivity index (χ0) is 22.7. The van der Waals surface area contributed by atoms with E-state index in [4.69, 9.17) is 4.74 Å². The van der Waals surface area contributed by atoms with Gasteiger partial charge in [0.1, 0.15) is 0 Å². The molecule has 0 saturated carbocycles. The summed E-state index contributed by atoms with van der Waals surface area (Å²) >= 11 is 0. The molecule has 0 spiro atoms. The third-order valence-electron chi connectivity index (χ3n) is 5.25. The molecule has 2 atom stereocenters. The van der Waals surface area contributed by atoms with E-state index in [1.54, 1.807) is 0 Å². The molecular weight excluding hydrogens is 394 g/mol. The van der Waals surface area contributed by atoms with Gasteiger partial charge in [0.25, 0.3) is 5.91 Å². The standard InChI is InChI=1S/C23H39N5O3/c1-5-18(3)27-21(29)20-9-7-8-19(14-20)15-25-22(24-6-2)26-16-23(4,30)17-28-10-12-31-13-11-28/h7-9,14,18,30H,5-6,10-13,15-17H2,1-4H3,(H,27,29)(H2,24,25,26). The van der Waals surface area contributed by atoms with Gasteiger partial charge in [0.2, 0.25) is 0 Å². The number of benzene rings is 1. The summed E-state index contributed by atoms with van der Waals surface area (Å²) in [5.74, 6) is 0.573. The van der Waals surface area contributed by atoms with E-state index >= 15 is 0 Å². The number of carbonyl (C=O) groups excluding carboxylic acids is 1. The lowest BCUT2D eigenvalue weighted by Crippen LogP contribution is -2.52. The highest BCUT2D eigenvalue weighted by Gasteiger charge is 2.25. The Bertz CT molecular complexity index is 717. The number of morpholine rings is 1. The van der Waals surface area contributed by atoms with Gasteiger partial charge in [-0.3, -0.25) is 9.69 Å². The molecular formula is C23H39N5O3. The Labute approximate surface area is 186 Å². The lowest BCUT2D eigenvalue weighted by molar-refractivity contribution is -0.0201. The minimum Gasteiger partial charge on any atom is -0.387 e. The number of carbonyl (C=O) groups is 1. The highest BCUT2D eigenvalue weighted by molar-refractivity contribution is 5.94. The first kappa shape index (κ1) is 25.1. The van der Waals surface area contributed by atoms with E-state index in [0.717, 1.165) is 31.6 Å². The van der Waals surface area contributed by atoms with Crippen molar-refractivity contribution in [3.63, 3.8) is 0 Å². The number of aliphatic imine (C=N–C) groups is 1. The van der Waals surface area contributed by atoms with Crippen LogP contribution in [0.1, 0.15) is 50.0 Å². The lowest BCUT2D eigenvalue weighted by Gasteiger charge is -2.34. The first-order chi connectivity index (χ1) is 14.8. The van der Waals surface area contributed by atoms with Crippen molar-refractivity contribution in [1.82, 2.24) is 20.9 Å². The van der Waals surface area contributed by atoms with Crippen molar-refractivity contribution in [2.75, 3.05) is 45.9 Å². The van der Waals surface area contributed by atoms with E-state index in [1.807, 2.05) is 52.0 Å². The molecule has 1 aliphatic rings. The average molecular weight is 434 g/mol. The van der Waals surface area contributed by atoms with Crippen molar-refractivity contribution in [2.24, 2.45) is 4.99 Å². The van der Waals surface area contributed by atoms with Gasteiger partial charge in [-0.05, 0) is 44.9 Å². The Morgan fingerprint density at radius 2 is 2.03 bits per heavy atom. The Hall–Kier alpha value is -2.16. The average Bonchev–Trinajstić information content (AvgIpc) is 2.76. The number of aliphatic hydroxyl groups is 1. The molecule has 0 bridgehead atoms. The number of ether oxygens (including phenoxy) is 1. The third kappa shape index (κ3) is 9.25. The second-order valence-corrected chi connectivity index (χ2v) is 8.42. The van der Waals surface area contributed by atoms with Crippen LogP contribution in [0.15, 0.2) is 29.3 Å². The van der Waals surface area contributed by atoms with E-state index < -0.39 is 5.60 Å². The number of hydrogen-bond acceptors (Lipinski definition) is 5. The third-order valence-corrected chi connectivity index (χ3v) is 5.25. The summed E-state index contributed by atoms with van der Waals surface area (Å²) in [5.41, 5.74) is 0.704. The molecule has 1 fully saturated rings. The monoisotopic (exact) mass is 433 g/mol. The fourth-order valence-corrected chi connectivity index (χ4v) is 3.30. The first-order valence-electron chi connectivity index (χ1n) is 11.3. The lowest BCUT2D eigenvalue weighted by atomic mass is 10.1. The SMILES string of the molecule is CCNC(=NCc1cccc(C(=O)NC(C)CC)c1)NCC(C)(O)CN1CCOCC1. The molecule has 2 rings (SSSR count). The van der Waals surface area contributed by atoms with Crippen molar-refractivity contribution < 1.29 is 14.6 Å². The second kappa shape index (κ2) is 12.6. The van der Waals surface area contributed by atoms with Crippen LogP contribution in [-0.4, -0.2) is 79.5 Å². The molecule has 1 saturated heterocycles. The van der Waals surface area contributed by atoms with Crippen LogP contribution in [0.4, 0.5) is 0 Å². The van der Waals surface area contributed by atoms with Crippen LogP contribution in [0.3, 0.4) is 0 Å². The Balaban J connectivity index is 1.94. The molecule has 0 aromatic heterocycles. The summed E-state index contributed by atoms with van der Waals surface area (Å²) < 4.78 is 5.37. The van der Waals surface area contributed by atoms with E-state index in [-0.39, 0.29) is 11.9 Å². The van der Waals surface area contributed by atoms with Crippen LogP contribution in [0.2, 0.25) is 0 Å². The molecule has 174 valence electrons. The normalized spacial score (nSPS) is 18.2. The molecule has 8 heteroatoms. The van der Waals surface area contributed by atoms with Crippen LogP contribution >= 0.6 is 0 Å². The maximum atomic E-state index is 12.4. The van der Waals surface area contributed by atoms with E-state index in [9.17, 15) is 9.90 Å². The van der Waals surface area contributed by atoms with Crippen LogP contribution in [-0.2, 0) is 11.3 Å². The number of β-amino-alcohol motifs (C(OH)–C–C–N with tert-alkyl or cyclic N) is 1. The summed E-state index contributed by atoms with van der Waals surface area (Å²) in [7, 11) is 0. The predicted molar refractivity (Wildman–Crippen MR) is 124 cm³/mol. The molecule has 31 heavy (non-hydrogen) atoms. The van der Waals surface area contributed by atoms with Gasteiger partial charge in [-0.1, -0.05) is 19.1 Å². The Kier molecular flexibility index (Phi) is 10.2. The van der Waals surface area contributed by atoms with Crippen molar-refractivity contribution in [3.05, 3.63) is 35.4 Å². The molecule has 1 aliphatic heterocycles. The number of hydrogen-bond donors (Lipinski definition) is 4. The van der Waals surface area contributed by atoms with Gasteiger partial charge >= 0.3 is 0 Å². The van der Waals surface area contributed by atoms with Gasteiger partial charge in [0.05, 0.1) is 25.4 Å². The zero-order valence-electron chi connectivity index (χ0n) is 19.4. The summed E-state index contributed by atoms with van der Waals surface area (Å²) in [6.07, 6.45) is 0.892. The number of nitrogens with one attached hydrogen (secondary N) is 3. The maximum absolute atomic E-state index is 12.4. The largest absolute Gasteiger partial charge is 0.387 e. The minimum atomic E-state index is -0.887. The first-order valence-corrected chi connectivity index (χ1v) is 11.3. The van der Waals surface area contributed by atoms with Crippen molar-refractivity contribution in [2.45, 2.75) is 52.3 Å². The molecule has 0 radical (unpaired) electrons. The molecule has 4 N–H and O–H groups in total. The minimum absolute atomic E-state index is 0.0654. The summed E-state index contributed by atoms with van der Waals surface area (Å²) in [5, 5.41) is 20.2. The van der Waals surface area contributed by atoms with Gasteiger partial charge in [-0.15, -0.1) is 0 Å². The van der Waals surface area contributed by atoms with Gasteiger partial charge in [-0.2, -0.15) is 0 Å². The molecule has 0 aliphatic carbocycles. The van der Waals surface area contributed by atoms with Crippen molar-refractivity contribution in [3.8, 4) is 0 Å². The van der Waals surface area contributed by atoms with Gasteiger partial charge in [0.15, 0.2) is 5.96 Å². The quantitative estimate of drug-likeness (QED) is 0.329. The molecule has 2 unspecified atom stereocenters. The second-order valence-electron chi connectivity index (χ2n) is 8.42. The number of rotatable bonds is 10. The van der Waals surface area contributed by atoms with E-state index in [0.29, 0.717) is 44.4 Å². The summed E-state index contributed by atoms with van der Waals surface area (Å²) in [6, 6.07) is 7.67. The fraction of sp³-hybridized carbons (Fsp3) is 0.652. The van der Waals surface area contributed by atoms with Gasteiger partial charge in [-0.25, -0.2) is 4.99 Å². The fourth-order valence-electron chi connectivity index (χ4n) is 3.30. The maximum Gasteiger partial charge on any atom is 0.251 e. The van der Waals surface area contributed by atoms with Crippen LogP contribution in [0.25, 0.3) is 0 Å². The molecule has 1 heterocycles. The van der Waals surface area contributed by atoms with Gasteiger partial charge in [0, 0.05) is 44.3 Å². The molecule has 1 aromatic rings. The van der Waals surface area contributed by atoms with Crippen molar-refractivity contribution in [1.29, 1.82) is 0 Å².